The van der Waals surface area contributed by atoms with Crippen molar-refractivity contribution in [3.05, 3.63) is 5.69 Å². The van der Waals surface area contributed by atoms with Gasteiger partial charge in [0.15, 0.2) is 0 Å². The SMILES string of the molecule is Nc1nonc1C(=O)NCCF. The molecular formula is C5H7FN4O2. The molecule has 0 unspecified atom stereocenters. The van der Waals surface area contributed by atoms with Gasteiger partial charge >= 0.3 is 0 Å². The molecule has 0 fully saturated rings. The Kier molecular flexibility index (Phi) is 2.57. The maximum Gasteiger partial charge on any atom is 0.277 e. The van der Waals surface area contributed by atoms with Crippen LogP contribution in [0, 0.1) is 0 Å². The quantitative estimate of drug-likeness (QED) is 0.635. The van der Waals surface area contributed by atoms with Crippen LogP contribution in [-0.2, 0) is 0 Å². The van der Waals surface area contributed by atoms with Gasteiger partial charge in [0, 0.05) is 6.54 Å². The highest BCUT2D eigenvalue weighted by Crippen LogP contribution is 2.02. The lowest BCUT2D eigenvalue weighted by molar-refractivity contribution is 0.0941. The van der Waals surface area contributed by atoms with Crippen LogP contribution >= 0.6 is 0 Å². The Balaban J connectivity index is 2.59. The zero-order valence-electron chi connectivity index (χ0n) is 6.08. The van der Waals surface area contributed by atoms with E-state index in [9.17, 15) is 9.18 Å². The summed E-state index contributed by atoms with van der Waals surface area (Å²) in [6.45, 7) is -0.720. The smallest absolute Gasteiger partial charge is 0.277 e. The van der Waals surface area contributed by atoms with Crippen LogP contribution in [0.2, 0.25) is 0 Å². The molecule has 0 aliphatic heterocycles. The van der Waals surface area contributed by atoms with Crippen LogP contribution in [0.4, 0.5) is 10.2 Å². The zero-order valence-corrected chi connectivity index (χ0v) is 6.08. The molecule has 6 nitrogen and oxygen atoms in total. The summed E-state index contributed by atoms with van der Waals surface area (Å²) in [5, 5.41) is 8.62. The minimum atomic E-state index is -0.642. The van der Waals surface area contributed by atoms with Crippen LogP contribution in [0.1, 0.15) is 10.5 Å². The van der Waals surface area contributed by atoms with E-state index in [0.29, 0.717) is 0 Å². The number of amides is 1. The molecule has 0 saturated carbocycles. The summed E-state index contributed by atoms with van der Waals surface area (Å²) < 4.78 is 15.8. The summed E-state index contributed by atoms with van der Waals surface area (Å²) in [6, 6.07) is 0. The van der Waals surface area contributed by atoms with E-state index in [4.69, 9.17) is 5.73 Å². The molecule has 1 rings (SSSR count). The second-order valence-corrected chi connectivity index (χ2v) is 1.94. The number of aromatic nitrogens is 2. The predicted molar refractivity (Wildman–Crippen MR) is 37.0 cm³/mol. The Labute approximate surface area is 66.9 Å². The fraction of sp³-hybridized carbons (Fsp3) is 0.400. The molecule has 3 N–H and O–H groups in total. The number of carbonyl (C=O) groups excluding carboxylic acids is 1. The van der Waals surface area contributed by atoms with Gasteiger partial charge in [-0.15, -0.1) is 0 Å². The number of anilines is 1. The third-order valence-electron chi connectivity index (χ3n) is 1.11. The molecule has 0 bridgehead atoms. The summed E-state index contributed by atoms with van der Waals surface area (Å²) in [5.41, 5.74) is 5.07. The van der Waals surface area contributed by atoms with Crippen molar-refractivity contribution in [1.29, 1.82) is 0 Å². The van der Waals surface area contributed by atoms with Gasteiger partial charge in [-0.2, -0.15) is 0 Å². The van der Waals surface area contributed by atoms with Crippen LogP contribution in [0.25, 0.3) is 0 Å². The average Bonchev–Trinajstić information content (AvgIpc) is 2.47. The number of nitrogen functional groups attached to an aromatic ring is 1. The van der Waals surface area contributed by atoms with E-state index < -0.39 is 12.6 Å². The summed E-state index contributed by atoms with van der Waals surface area (Å²) in [7, 11) is 0. The van der Waals surface area contributed by atoms with Gasteiger partial charge in [0.1, 0.15) is 6.67 Å². The molecule has 1 aromatic heterocycles. The Morgan fingerprint density at radius 1 is 1.67 bits per heavy atom. The number of halogens is 1. The van der Waals surface area contributed by atoms with E-state index in [1.165, 1.54) is 0 Å². The standard InChI is InChI=1S/C5H7FN4O2/c6-1-2-8-5(11)3-4(7)10-12-9-3/h1-2H2,(H2,7,10)(H,8,11). The van der Waals surface area contributed by atoms with Crippen LogP contribution < -0.4 is 11.1 Å². The van der Waals surface area contributed by atoms with E-state index in [1.54, 1.807) is 0 Å². The minimum Gasteiger partial charge on any atom is -0.379 e. The molecule has 0 aliphatic rings. The van der Waals surface area contributed by atoms with E-state index in [-0.39, 0.29) is 18.1 Å². The van der Waals surface area contributed by atoms with Gasteiger partial charge in [0.25, 0.3) is 5.91 Å². The molecule has 1 aromatic rings. The van der Waals surface area contributed by atoms with Crippen molar-refractivity contribution >= 4 is 11.7 Å². The van der Waals surface area contributed by atoms with Gasteiger partial charge in [-0.3, -0.25) is 4.79 Å². The van der Waals surface area contributed by atoms with Gasteiger partial charge in [-0.1, -0.05) is 0 Å². The van der Waals surface area contributed by atoms with Gasteiger partial charge < -0.3 is 11.1 Å². The minimum absolute atomic E-state index is 0.0782. The number of hydrogen-bond acceptors (Lipinski definition) is 5. The monoisotopic (exact) mass is 174 g/mol. The number of nitrogens with two attached hydrogens (primary N) is 1. The molecule has 0 aromatic carbocycles. The number of nitrogens with zero attached hydrogens (tertiary/aromatic N) is 2. The molecule has 12 heavy (non-hydrogen) atoms. The van der Waals surface area contributed by atoms with Crippen LogP contribution in [0.3, 0.4) is 0 Å². The highest BCUT2D eigenvalue weighted by molar-refractivity contribution is 5.95. The zero-order chi connectivity index (χ0) is 8.97. The Hall–Kier alpha value is -1.66. The summed E-state index contributed by atoms with van der Waals surface area (Å²) in [5.74, 6) is -0.697. The first kappa shape index (κ1) is 8.44. The van der Waals surface area contributed by atoms with Crippen molar-refractivity contribution < 1.29 is 13.8 Å². The number of rotatable bonds is 3. The van der Waals surface area contributed by atoms with Crippen LogP contribution in [0.15, 0.2) is 4.63 Å². The second-order valence-electron chi connectivity index (χ2n) is 1.94. The van der Waals surface area contributed by atoms with Crippen LogP contribution in [-0.4, -0.2) is 29.4 Å². The van der Waals surface area contributed by atoms with E-state index >= 15 is 0 Å². The van der Waals surface area contributed by atoms with E-state index in [1.807, 2.05) is 0 Å². The van der Waals surface area contributed by atoms with Gasteiger partial charge in [0.2, 0.25) is 11.5 Å². The van der Waals surface area contributed by atoms with Crippen molar-refractivity contribution in [2.75, 3.05) is 19.0 Å². The highest BCUT2D eigenvalue weighted by Gasteiger charge is 2.14. The van der Waals surface area contributed by atoms with E-state index in [2.05, 4.69) is 20.3 Å². The fourth-order valence-corrected chi connectivity index (χ4v) is 0.597. The predicted octanol–water partition coefficient (Wildman–Crippen LogP) is -0.649. The Morgan fingerprint density at radius 2 is 2.42 bits per heavy atom. The number of hydrogen-bond donors (Lipinski definition) is 2. The topological polar surface area (TPSA) is 94.0 Å². The second kappa shape index (κ2) is 3.65. The van der Waals surface area contributed by atoms with Gasteiger partial charge in [-0.05, 0) is 10.3 Å². The van der Waals surface area contributed by atoms with Gasteiger partial charge in [0.05, 0.1) is 0 Å². The lowest BCUT2D eigenvalue weighted by atomic mass is 10.4. The maximum atomic E-state index is 11.6. The van der Waals surface area contributed by atoms with Crippen molar-refractivity contribution in [3.8, 4) is 0 Å². The fourth-order valence-electron chi connectivity index (χ4n) is 0.597. The molecule has 0 spiro atoms. The van der Waals surface area contributed by atoms with Crippen molar-refractivity contribution in [2.45, 2.75) is 0 Å². The molecule has 66 valence electrons. The molecule has 0 saturated heterocycles. The first-order valence-corrected chi connectivity index (χ1v) is 3.18. The lowest BCUT2D eigenvalue weighted by Gasteiger charge is -1.96. The van der Waals surface area contributed by atoms with Crippen LogP contribution in [0.5, 0.6) is 0 Å². The molecule has 1 amide bonds. The summed E-state index contributed by atoms with van der Waals surface area (Å²) in [6.07, 6.45) is 0. The molecular weight excluding hydrogens is 167 g/mol. The number of carbonyl (C=O) groups is 1. The van der Waals surface area contributed by atoms with Crippen molar-refractivity contribution in [3.63, 3.8) is 0 Å². The number of nitrogens with one attached hydrogen (secondary N) is 1. The largest absolute Gasteiger partial charge is 0.379 e. The summed E-state index contributed by atoms with van der Waals surface area (Å²) in [4.78, 5) is 11.0. The normalized spacial score (nSPS) is 9.75. The Morgan fingerprint density at radius 3 is 2.92 bits per heavy atom. The molecule has 0 atom stereocenters. The summed E-state index contributed by atoms with van der Waals surface area (Å²) >= 11 is 0. The van der Waals surface area contributed by atoms with Crippen molar-refractivity contribution in [2.24, 2.45) is 0 Å². The third-order valence-corrected chi connectivity index (χ3v) is 1.11. The third kappa shape index (κ3) is 1.68. The highest BCUT2D eigenvalue weighted by atomic mass is 19.1. The average molecular weight is 174 g/mol. The number of alkyl halides is 1. The first-order valence-electron chi connectivity index (χ1n) is 3.18. The van der Waals surface area contributed by atoms with E-state index in [0.717, 1.165) is 0 Å². The molecule has 7 heteroatoms. The molecule has 0 radical (unpaired) electrons. The molecule has 0 aliphatic carbocycles. The molecule has 1 heterocycles. The first-order chi connectivity index (χ1) is 5.75. The lowest BCUT2D eigenvalue weighted by Crippen LogP contribution is -2.26. The van der Waals surface area contributed by atoms with Gasteiger partial charge in [-0.25, -0.2) is 9.02 Å². The maximum absolute atomic E-state index is 11.6. The van der Waals surface area contributed by atoms with Crippen molar-refractivity contribution in [1.82, 2.24) is 15.6 Å². The Bertz CT molecular complexity index is 274.